The van der Waals surface area contributed by atoms with Crippen molar-refractivity contribution in [2.75, 3.05) is 26.4 Å². The Labute approximate surface area is 121 Å². The molecule has 0 aromatic heterocycles. The molecule has 1 fully saturated rings. The van der Waals surface area contributed by atoms with Crippen LogP contribution >= 0.6 is 0 Å². The van der Waals surface area contributed by atoms with Gasteiger partial charge in [0, 0.05) is 5.56 Å². The van der Waals surface area contributed by atoms with Crippen molar-refractivity contribution in [1.82, 2.24) is 0 Å². The molecule has 20 heavy (non-hydrogen) atoms. The van der Waals surface area contributed by atoms with Crippen LogP contribution in [0.25, 0.3) is 0 Å². The van der Waals surface area contributed by atoms with E-state index in [0.717, 1.165) is 12.0 Å². The van der Waals surface area contributed by atoms with Gasteiger partial charge in [0.2, 0.25) is 0 Å². The van der Waals surface area contributed by atoms with Gasteiger partial charge >= 0.3 is 0 Å². The lowest BCUT2D eigenvalue weighted by molar-refractivity contribution is -0.232. The predicted octanol–water partition coefficient (Wildman–Crippen LogP) is 2.93. The van der Waals surface area contributed by atoms with E-state index in [1.165, 1.54) is 0 Å². The zero-order valence-electron chi connectivity index (χ0n) is 12.3. The molecule has 2 rings (SSSR count). The Kier molecular flexibility index (Phi) is 6.47. The molecule has 4 nitrogen and oxygen atoms in total. The maximum atomic E-state index is 5.69. The van der Waals surface area contributed by atoms with E-state index in [2.05, 4.69) is 13.8 Å². The van der Waals surface area contributed by atoms with Crippen molar-refractivity contribution in [2.24, 2.45) is 0 Å². The van der Waals surface area contributed by atoms with Gasteiger partial charge in [-0.2, -0.15) is 0 Å². The average molecular weight is 280 g/mol. The highest BCUT2D eigenvalue weighted by atomic mass is 16.7. The molecule has 0 radical (unpaired) electrons. The highest BCUT2D eigenvalue weighted by Crippen LogP contribution is 2.23. The van der Waals surface area contributed by atoms with Crippen molar-refractivity contribution < 1.29 is 18.9 Å². The third kappa shape index (κ3) is 4.87. The summed E-state index contributed by atoms with van der Waals surface area (Å²) in [5.74, 6) is 0. The molecular weight excluding hydrogens is 256 g/mol. The minimum absolute atomic E-state index is 0.00417. The quantitative estimate of drug-likeness (QED) is 0.720. The fraction of sp³-hybridized carbons (Fsp3) is 0.625. The maximum absolute atomic E-state index is 5.69. The molecule has 1 unspecified atom stereocenters. The van der Waals surface area contributed by atoms with E-state index >= 15 is 0 Å². The van der Waals surface area contributed by atoms with Crippen LogP contribution in [0.5, 0.6) is 0 Å². The van der Waals surface area contributed by atoms with E-state index < -0.39 is 0 Å². The Hall–Kier alpha value is -0.940. The third-order valence-electron chi connectivity index (χ3n) is 3.35. The van der Waals surface area contributed by atoms with E-state index in [1.54, 1.807) is 0 Å². The minimum atomic E-state index is -0.271. The molecule has 1 heterocycles. The summed E-state index contributed by atoms with van der Waals surface area (Å²) >= 11 is 0. The van der Waals surface area contributed by atoms with Crippen molar-refractivity contribution in [3.63, 3.8) is 0 Å². The van der Waals surface area contributed by atoms with Gasteiger partial charge in [-0.25, -0.2) is 0 Å². The summed E-state index contributed by atoms with van der Waals surface area (Å²) in [7, 11) is 0. The van der Waals surface area contributed by atoms with E-state index in [1.807, 2.05) is 30.3 Å². The molecule has 1 saturated heterocycles. The molecule has 1 atom stereocenters. The first-order valence-corrected chi connectivity index (χ1v) is 7.31. The van der Waals surface area contributed by atoms with Crippen LogP contribution in [0, 0.1) is 0 Å². The van der Waals surface area contributed by atoms with Gasteiger partial charge in [0.05, 0.1) is 32.5 Å². The Morgan fingerprint density at radius 3 is 2.50 bits per heavy atom. The molecular formula is C16H24O4. The molecule has 0 saturated carbocycles. The molecule has 1 aliphatic heterocycles. The zero-order valence-corrected chi connectivity index (χ0v) is 12.3. The molecule has 0 bridgehead atoms. The van der Waals surface area contributed by atoms with E-state index in [9.17, 15) is 0 Å². The average Bonchev–Trinajstić information content (AvgIpc) is 2.52. The van der Waals surface area contributed by atoms with Gasteiger partial charge in [0.15, 0.2) is 6.29 Å². The van der Waals surface area contributed by atoms with Gasteiger partial charge in [-0.05, 0) is 13.3 Å². The van der Waals surface area contributed by atoms with Gasteiger partial charge in [-0.15, -0.1) is 0 Å². The smallest absolute Gasteiger partial charge is 0.184 e. The zero-order chi connectivity index (χ0) is 14.2. The molecule has 1 aliphatic rings. The topological polar surface area (TPSA) is 36.9 Å². The van der Waals surface area contributed by atoms with Crippen LogP contribution in [0.2, 0.25) is 0 Å². The number of hydrogen-bond acceptors (Lipinski definition) is 4. The lowest BCUT2D eigenvalue weighted by atomic mass is 10.2. The lowest BCUT2D eigenvalue weighted by Crippen LogP contribution is -2.34. The summed E-state index contributed by atoms with van der Waals surface area (Å²) in [4.78, 5) is 0. The standard InChI is InChI=1S/C16H24O4/c1-3-13(2)17-9-10-18-15-11-19-16(20-12-15)14-7-5-4-6-8-14/h4-8,13,15-16H,3,9-12H2,1-2H3. The van der Waals surface area contributed by atoms with Crippen molar-refractivity contribution in [3.05, 3.63) is 35.9 Å². The van der Waals surface area contributed by atoms with Gasteiger partial charge in [-0.1, -0.05) is 37.3 Å². The monoisotopic (exact) mass is 280 g/mol. The molecule has 1 aromatic carbocycles. The molecule has 4 heteroatoms. The predicted molar refractivity (Wildman–Crippen MR) is 76.5 cm³/mol. The SMILES string of the molecule is CCC(C)OCCOC1COC(c2ccccc2)OC1. The van der Waals surface area contributed by atoms with Crippen LogP contribution in [0.1, 0.15) is 32.1 Å². The van der Waals surface area contributed by atoms with Crippen molar-refractivity contribution in [2.45, 2.75) is 38.8 Å². The molecule has 0 amide bonds. The highest BCUT2D eigenvalue weighted by molar-refractivity contribution is 5.16. The summed E-state index contributed by atoms with van der Waals surface area (Å²) in [6.45, 7) is 6.49. The second-order valence-electron chi connectivity index (χ2n) is 4.99. The molecule has 0 spiro atoms. The number of hydrogen-bond donors (Lipinski definition) is 0. The number of benzene rings is 1. The lowest BCUT2D eigenvalue weighted by Gasteiger charge is -2.29. The molecule has 112 valence electrons. The Morgan fingerprint density at radius 2 is 1.85 bits per heavy atom. The Balaban J connectivity index is 1.62. The highest BCUT2D eigenvalue weighted by Gasteiger charge is 2.23. The first-order chi connectivity index (χ1) is 9.79. The fourth-order valence-electron chi connectivity index (χ4n) is 1.97. The maximum Gasteiger partial charge on any atom is 0.184 e. The second-order valence-corrected chi connectivity index (χ2v) is 4.99. The summed E-state index contributed by atoms with van der Waals surface area (Å²) in [5.41, 5.74) is 1.05. The van der Waals surface area contributed by atoms with Gasteiger partial charge in [-0.3, -0.25) is 0 Å². The normalized spacial score (nSPS) is 24.5. The number of ether oxygens (including phenoxy) is 4. The molecule has 0 N–H and O–H groups in total. The first kappa shape index (κ1) is 15.4. The summed E-state index contributed by atoms with van der Waals surface area (Å²) in [6.07, 6.45) is 1.04. The Bertz CT molecular complexity index is 360. The van der Waals surface area contributed by atoms with Crippen LogP contribution in [0.15, 0.2) is 30.3 Å². The van der Waals surface area contributed by atoms with Crippen molar-refractivity contribution in [1.29, 1.82) is 0 Å². The fourth-order valence-corrected chi connectivity index (χ4v) is 1.97. The van der Waals surface area contributed by atoms with Crippen LogP contribution in [0.4, 0.5) is 0 Å². The van der Waals surface area contributed by atoms with E-state index in [4.69, 9.17) is 18.9 Å². The third-order valence-corrected chi connectivity index (χ3v) is 3.35. The molecule has 1 aromatic rings. The minimum Gasteiger partial charge on any atom is -0.376 e. The van der Waals surface area contributed by atoms with E-state index in [-0.39, 0.29) is 12.4 Å². The van der Waals surface area contributed by atoms with Crippen LogP contribution in [-0.2, 0) is 18.9 Å². The largest absolute Gasteiger partial charge is 0.376 e. The van der Waals surface area contributed by atoms with E-state index in [0.29, 0.717) is 32.5 Å². The molecule has 0 aliphatic carbocycles. The van der Waals surface area contributed by atoms with Gasteiger partial charge in [0.25, 0.3) is 0 Å². The number of rotatable bonds is 7. The van der Waals surface area contributed by atoms with Crippen LogP contribution < -0.4 is 0 Å². The van der Waals surface area contributed by atoms with Crippen molar-refractivity contribution >= 4 is 0 Å². The summed E-state index contributed by atoms with van der Waals surface area (Å²) in [5, 5.41) is 0. The van der Waals surface area contributed by atoms with Gasteiger partial charge in [0.1, 0.15) is 6.10 Å². The summed E-state index contributed by atoms with van der Waals surface area (Å²) < 4.78 is 22.6. The summed E-state index contributed by atoms with van der Waals surface area (Å²) in [6, 6.07) is 9.96. The first-order valence-electron chi connectivity index (χ1n) is 7.31. The second kappa shape index (κ2) is 8.37. The Morgan fingerprint density at radius 1 is 1.15 bits per heavy atom. The van der Waals surface area contributed by atoms with Crippen LogP contribution in [0.3, 0.4) is 0 Å². The van der Waals surface area contributed by atoms with Gasteiger partial charge < -0.3 is 18.9 Å². The van der Waals surface area contributed by atoms with Crippen molar-refractivity contribution in [3.8, 4) is 0 Å². The van der Waals surface area contributed by atoms with Crippen LogP contribution in [-0.4, -0.2) is 38.6 Å².